The number of nitrogens with zero attached hydrogens (tertiary/aromatic N) is 5. The molecule has 2 aromatic heterocycles. The van der Waals surface area contributed by atoms with Crippen molar-refractivity contribution < 1.29 is 4.74 Å². The molecule has 1 saturated heterocycles. The summed E-state index contributed by atoms with van der Waals surface area (Å²) in [6.45, 7) is 5.03. The van der Waals surface area contributed by atoms with Crippen LogP contribution in [0.1, 0.15) is 18.4 Å². The summed E-state index contributed by atoms with van der Waals surface area (Å²) < 4.78 is 8.33. The number of benzene rings is 2. The van der Waals surface area contributed by atoms with Gasteiger partial charge in [0.15, 0.2) is 10.8 Å². The van der Waals surface area contributed by atoms with E-state index < -0.39 is 0 Å². The Morgan fingerprint density at radius 1 is 1.08 bits per heavy atom. The van der Waals surface area contributed by atoms with Crippen molar-refractivity contribution in [3.63, 3.8) is 0 Å². The fourth-order valence-electron chi connectivity index (χ4n) is 3.94. The van der Waals surface area contributed by atoms with E-state index in [1.54, 1.807) is 11.8 Å². The van der Waals surface area contributed by atoms with Gasteiger partial charge < -0.3 is 10.1 Å². The standard InChI is InChI=1S/C25H26BrClN6OS.CH4/c26-19-7-4-8-20(15-19)29-23-21-16-28-33(17-22(27)18-5-2-1-3-6-18)24(21)31-25(30-23)35-14-11-32-9-12-34-13-10-32;/h1-8,15-16,22H,9-14,17H2,(H,29,30,31);1H4. The Kier molecular flexibility index (Phi) is 9.61. The smallest absolute Gasteiger partial charge is 0.191 e. The summed E-state index contributed by atoms with van der Waals surface area (Å²) in [5.74, 6) is 1.64. The first-order chi connectivity index (χ1) is 17.2. The summed E-state index contributed by atoms with van der Waals surface area (Å²) in [6.07, 6.45) is 1.81. The van der Waals surface area contributed by atoms with Crippen LogP contribution >= 0.6 is 39.3 Å². The Morgan fingerprint density at radius 2 is 1.89 bits per heavy atom. The SMILES string of the molecule is C.ClC(Cn1ncc2c(Nc3cccc(Br)c3)nc(SCCN3CCOCC3)nc21)c1ccccc1. The molecule has 1 unspecified atom stereocenters. The van der Waals surface area contributed by atoms with Crippen LogP contribution in [-0.4, -0.2) is 63.2 Å². The summed E-state index contributed by atoms with van der Waals surface area (Å²) in [7, 11) is 0. The van der Waals surface area contributed by atoms with Crippen LogP contribution < -0.4 is 5.32 Å². The number of halogens is 2. The van der Waals surface area contributed by atoms with Gasteiger partial charge in [-0.1, -0.05) is 71.5 Å². The first-order valence-corrected chi connectivity index (χ1v) is 13.8. The fourth-order valence-corrected chi connectivity index (χ4v) is 5.46. The lowest BCUT2D eigenvalue weighted by atomic mass is 10.1. The first-order valence-electron chi connectivity index (χ1n) is 11.5. The molecule has 4 aromatic rings. The number of hydrogen-bond donors (Lipinski definition) is 1. The molecule has 190 valence electrons. The van der Waals surface area contributed by atoms with Crippen LogP contribution in [0.15, 0.2) is 70.4 Å². The van der Waals surface area contributed by atoms with Gasteiger partial charge >= 0.3 is 0 Å². The number of nitrogens with one attached hydrogen (secondary N) is 1. The number of anilines is 2. The van der Waals surface area contributed by atoms with E-state index in [4.69, 9.17) is 26.3 Å². The first kappa shape index (κ1) is 26.9. The monoisotopic (exact) mass is 588 g/mol. The Bertz CT molecular complexity index is 1270. The molecule has 0 saturated carbocycles. The van der Waals surface area contributed by atoms with Crippen molar-refractivity contribution in [2.45, 2.75) is 24.5 Å². The van der Waals surface area contributed by atoms with Gasteiger partial charge in [-0.3, -0.25) is 4.90 Å². The average molecular weight is 590 g/mol. The van der Waals surface area contributed by atoms with E-state index in [1.165, 1.54) is 0 Å². The maximum absolute atomic E-state index is 6.75. The second kappa shape index (κ2) is 12.9. The lowest BCUT2D eigenvalue weighted by Crippen LogP contribution is -2.37. The molecular weight excluding hydrogens is 560 g/mol. The normalized spacial score (nSPS) is 14.9. The molecule has 1 fully saturated rings. The Hall–Kier alpha value is -2.17. The zero-order chi connectivity index (χ0) is 24.0. The van der Waals surface area contributed by atoms with Crippen molar-refractivity contribution in [1.82, 2.24) is 24.6 Å². The Balaban J connectivity index is 0.00000304. The van der Waals surface area contributed by atoms with Gasteiger partial charge in [0.05, 0.1) is 36.7 Å². The minimum absolute atomic E-state index is 0. The number of alkyl halides is 1. The van der Waals surface area contributed by atoms with Crippen molar-refractivity contribution in [3.05, 3.63) is 70.8 Å². The number of morpholine rings is 1. The van der Waals surface area contributed by atoms with Gasteiger partial charge in [0.1, 0.15) is 5.82 Å². The third-order valence-electron chi connectivity index (χ3n) is 5.80. The summed E-state index contributed by atoms with van der Waals surface area (Å²) in [5.41, 5.74) is 2.77. The molecule has 10 heteroatoms. The van der Waals surface area contributed by atoms with E-state index >= 15 is 0 Å². The largest absolute Gasteiger partial charge is 0.379 e. The lowest BCUT2D eigenvalue weighted by molar-refractivity contribution is 0.0410. The molecule has 0 radical (unpaired) electrons. The van der Waals surface area contributed by atoms with Crippen molar-refractivity contribution in [2.24, 2.45) is 0 Å². The fraction of sp³-hybridized carbons (Fsp3) is 0.346. The van der Waals surface area contributed by atoms with Crippen molar-refractivity contribution in [1.29, 1.82) is 0 Å². The minimum Gasteiger partial charge on any atom is -0.379 e. The molecule has 2 aromatic carbocycles. The van der Waals surface area contributed by atoms with Crippen LogP contribution in [0.5, 0.6) is 0 Å². The maximum atomic E-state index is 6.75. The molecule has 36 heavy (non-hydrogen) atoms. The topological polar surface area (TPSA) is 68.1 Å². The molecule has 1 atom stereocenters. The molecule has 0 amide bonds. The highest BCUT2D eigenvalue weighted by molar-refractivity contribution is 9.10. The zero-order valence-corrected chi connectivity index (χ0v) is 22.3. The van der Waals surface area contributed by atoms with Crippen molar-refractivity contribution in [3.8, 4) is 0 Å². The molecule has 7 nitrogen and oxygen atoms in total. The Labute approximate surface area is 229 Å². The predicted octanol–water partition coefficient (Wildman–Crippen LogP) is 6.37. The van der Waals surface area contributed by atoms with Crippen LogP contribution in [-0.2, 0) is 11.3 Å². The Morgan fingerprint density at radius 3 is 2.67 bits per heavy atom. The van der Waals surface area contributed by atoms with Gasteiger partial charge in [-0.05, 0) is 23.8 Å². The van der Waals surface area contributed by atoms with Gasteiger partial charge in [0.2, 0.25) is 0 Å². The minimum atomic E-state index is -0.215. The number of hydrogen-bond acceptors (Lipinski definition) is 7. The molecule has 1 N–H and O–H groups in total. The highest BCUT2D eigenvalue weighted by Gasteiger charge is 2.17. The van der Waals surface area contributed by atoms with Crippen LogP contribution in [0.4, 0.5) is 11.5 Å². The maximum Gasteiger partial charge on any atom is 0.191 e. The molecule has 1 aliphatic heterocycles. The molecule has 5 rings (SSSR count). The van der Waals surface area contributed by atoms with Gasteiger partial charge in [-0.2, -0.15) is 5.10 Å². The summed E-state index contributed by atoms with van der Waals surface area (Å²) in [4.78, 5) is 12.2. The number of ether oxygens (including phenoxy) is 1. The second-order valence-corrected chi connectivity index (χ2v) is 10.7. The van der Waals surface area contributed by atoms with E-state index in [9.17, 15) is 0 Å². The number of aromatic nitrogens is 4. The molecule has 1 aliphatic rings. The lowest BCUT2D eigenvalue weighted by Gasteiger charge is -2.26. The highest BCUT2D eigenvalue weighted by atomic mass is 79.9. The van der Waals surface area contributed by atoms with E-state index in [0.29, 0.717) is 6.54 Å². The summed E-state index contributed by atoms with van der Waals surface area (Å²) in [5, 5.41) is 9.45. The van der Waals surface area contributed by atoms with Crippen molar-refractivity contribution >= 4 is 61.8 Å². The second-order valence-electron chi connectivity index (χ2n) is 8.23. The van der Waals surface area contributed by atoms with Crippen molar-refractivity contribution in [2.75, 3.05) is 43.9 Å². The van der Waals surface area contributed by atoms with E-state index in [-0.39, 0.29) is 12.8 Å². The molecule has 0 bridgehead atoms. The third kappa shape index (κ3) is 6.77. The number of thioether (sulfide) groups is 1. The van der Waals surface area contributed by atoms with E-state index in [1.807, 2.05) is 65.5 Å². The molecule has 3 heterocycles. The van der Waals surface area contributed by atoms with Crippen LogP contribution in [0, 0.1) is 0 Å². The van der Waals surface area contributed by atoms with Crippen LogP contribution in [0.25, 0.3) is 11.0 Å². The summed E-state index contributed by atoms with van der Waals surface area (Å²) >= 11 is 11.9. The molecular formula is C26H30BrClN6OS. The number of rotatable bonds is 9. The van der Waals surface area contributed by atoms with Gasteiger partial charge in [-0.15, -0.1) is 11.6 Å². The van der Waals surface area contributed by atoms with Gasteiger partial charge in [-0.25, -0.2) is 14.6 Å². The molecule has 0 spiro atoms. The van der Waals surface area contributed by atoms with Gasteiger partial charge in [0.25, 0.3) is 0 Å². The molecule has 0 aliphatic carbocycles. The van der Waals surface area contributed by atoms with Crippen LogP contribution in [0.2, 0.25) is 0 Å². The third-order valence-corrected chi connectivity index (χ3v) is 7.51. The van der Waals surface area contributed by atoms with E-state index in [0.717, 1.165) is 76.3 Å². The average Bonchev–Trinajstić information content (AvgIpc) is 3.28. The quantitative estimate of drug-likeness (QED) is 0.138. The zero-order valence-electron chi connectivity index (χ0n) is 19.1. The predicted molar refractivity (Wildman–Crippen MR) is 152 cm³/mol. The highest BCUT2D eigenvalue weighted by Crippen LogP contribution is 2.30. The number of fused-ring (bicyclic) bond motifs is 1. The van der Waals surface area contributed by atoms with E-state index in [2.05, 4.69) is 31.2 Å². The van der Waals surface area contributed by atoms with Gasteiger partial charge in [0, 0.05) is 35.5 Å². The summed E-state index contributed by atoms with van der Waals surface area (Å²) in [6, 6.07) is 18.1. The van der Waals surface area contributed by atoms with Crippen LogP contribution in [0.3, 0.4) is 0 Å².